The van der Waals surface area contributed by atoms with Crippen molar-refractivity contribution < 1.29 is 9.53 Å². The lowest BCUT2D eigenvalue weighted by atomic mass is 10.1. The number of carbonyl (C=O) groups excluding carboxylic acids is 1. The Morgan fingerprint density at radius 3 is 2.25 bits per heavy atom. The third-order valence-electron chi connectivity index (χ3n) is 3.05. The summed E-state index contributed by atoms with van der Waals surface area (Å²) in [5.74, 6) is 0.365. The van der Waals surface area contributed by atoms with Gasteiger partial charge in [-0.05, 0) is 42.7 Å². The lowest BCUT2D eigenvalue weighted by Crippen LogP contribution is -2.06. The Morgan fingerprint density at radius 1 is 1.10 bits per heavy atom. The number of hydrogen-bond donors (Lipinski definition) is 1. The van der Waals surface area contributed by atoms with E-state index in [1.165, 1.54) is 12.5 Å². The van der Waals surface area contributed by atoms with E-state index < -0.39 is 0 Å². The molecule has 0 aliphatic carbocycles. The molecule has 0 radical (unpaired) electrons. The quantitative estimate of drug-likeness (QED) is 0.677. The molecule has 0 fully saturated rings. The highest BCUT2D eigenvalue weighted by molar-refractivity contribution is 5.71. The normalized spacial score (nSPS) is 10.2. The molecule has 20 heavy (non-hydrogen) atoms. The summed E-state index contributed by atoms with van der Waals surface area (Å²) in [7, 11) is 0. The van der Waals surface area contributed by atoms with Crippen LogP contribution in [0.1, 0.15) is 23.6 Å². The summed E-state index contributed by atoms with van der Waals surface area (Å²) in [6, 6.07) is 14.2. The second kappa shape index (κ2) is 6.24. The van der Waals surface area contributed by atoms with Gasteiger partial charge in [0.05, 0.1) is 0 Å². The van der Waals surface area contributed by atoms with E-state index in [0.29, 0.717) is 5.75 Å². The van der Waals surface area contributed by atoms with Crippen LogP contribution < -0.4 is 10.1 Å². The van der Waals surface area contributed by atoms with Gasteiger partial charge in [0.2, 0.25) is 0 Å². The van der Waals surface area contributed by atoms with E-state index >= 15 is 0 Å². The first kappa shape index (κ1) is 14.1. The molecular weight excluding hydrogens is 250 g/mol. The van der Waals surface area contributed by atoms with Crippen molar-refractivity contribution in [1.82, 2.24) is 0 Å². The predicted octanol–water partition coefficient (Wildman–Crippen LogP) is 3.84. The van der Waals surface area contributed by atoms with Gasteiger partial charge in [-0.3, -0.25) is 4.79 Å². The van der Waals surface area contributed by atoms with E-state index in [0.717, 1.165) is 23.4 Å². The lowest BCUT2D eigenvalue weighted by Gasteiger charge is -2.13. The van der Waals surface area contributed by atoms with Gasteiger partial charge >= 0.3 is 5.97 Å². The maximum atomic E-state index is 11.1. The number of anilines is 1. The predicted molar refractivity (Wildman–Crippen MR) is 81.0 cm³/mol. The van der Waals surface area contributed by atoms with Crippen molar-refractivity contribution in [3.8, 4) is 5.75 Å². The van der Waals surface area contributed by atoms with Crippen LogP contribution in [0.3, 0.4) is 0 Å². The van der Waals surface area contributed by atoms with Crippen molar-refractivity contribution in [1.29, 1.82) is 0 Å². The number of hydrogen-bond acceptors (Lipinski definition) is 3. The molecule has 2 aromatic rings. The van der Waals surface area contributed by atoms with Gasteiger partial charge in [-0.15, -0.1) is 0 Å². The number of carbonyl (C=O) groups is 1. The molecule has 0 spiro atoms. The van der Waals surface area contributed by atoms with Gasteiger partial charge in [-0.2, -0.15) is 0 Å². The molecule has 104 valence electrons. The number of rotatable bonds is 4. The lowest BCUT2D eigenvalue weighted by molar-refractivity contribution is -0.131. The van der Waals surface area contributed by atoms with Crippen LogP contribution in [0.25, 0.3) is 0 Å². The Bertz CT molecular complexity index is 583. The van der Waals surface area contributed by atoms with E-state index in [1.807, 2.05) is 44.2 Å². The van der Waals surface area contributed by atoms with Crippen LogP contribution >= 0.6 is 0 Å². The monoisotopic (exact) mass is 269 g/mol. The molecule has 2 rings (SSSR count). The molecule has 1 N–H and O–H groups in total. The minimum atomic E-state index is -0.291. The molecule has 0 unspecified atom stereocenters. The van der Waals surface area contributed by atoms with E-state index in [9.17, 15) is 4.79 Å². The van der Waals surface area contributed by atoms with Crippen molar-refractivity contribution in [2.75, 3.05) is 5.32 Å². The number of aryl methyl sites for hydroxylation is 2. The Hall–Kier alpha value is -2.29. The average Bonchev–Trinajstić information content (AvgIpc) is 2.41. The third-order valence-corrected chi connectivity index (χ3v) is 3.05. The second-order valence-electron chi connectivity index (χ2n) is 4.87. The van der Waals surface area contributed by atoms with Crippen LogP contribution in [-0.4, -0.2) is 5.97 Å². The highest BCUT2D eigenvalue weighted by Crippen LogP contribution is 2.27. The summed E-state index contributed by atoms with van der Waals surface area (Å²) < 4.78 is 5.23. The molecule has 0 aromatic heterocycles. The van der Waals surface area contributed by atoms with Gasteiger partial charge in [0.25, 0.3) is 0 Å². The first-order chi connectivity index (χ1) is 9.56. The zero-order valence-corrected chi connectivity index (χ0v) is 12.1. The highest BCUT2D eigenvalue weighted by atomic mass is 16.5. The number of esters is 1. The Kier molecular flexibility index (Phi) is 4.41. The summed E-state index contributed by atoms with van der Waals surface area (Å²) in [6.07, 6.45) is 0. The molecule has 0 saturated heterocycles. The second-order valence-corrected chi connectivity index (χ2v) is 4.87. The van der Waals surface area contributed by atoms with Crippen molar-refractivity contribution in [3.63, 3.8) is 0 Å². The van der Waals surface area contributed by atoms with Crippen molar-refractivity contribution in [2.24, 2.45) is 0 Å². The summed E-state index contributed by atoms with van der Waals surface area (Å²) >= 11 is 0. The fraction of sp³-hybridized carbons (Fsp3) is 0.235. The van der Waals surface area contributed by atoms with Crippen LogP contribution in [0.2, 0.25) is 0 Å². The minimum Gasteiger partial charge on any atom is -0.426 e. The summed E-state index contributed by atoms with van der Waals surface area (Å²) in [4.78, 5) is 11.1. The average molecular weight is 269 g/mol. The number of ether oxygens (including phenoxy) is 1. The molecule has 0 saturated carbocycles. The van der Waals surface area contributed by atoms with Crippen LogP contribution in [0.15, 0.2) is 42.5 Å². The Morgan fingerprint density at radius 2 is 1.70 bits per heavy atom. The molecule has 0 aliphatic rings. The molecule has 0 bridgehead atoms. The van der Waals surface area contributed by atoms with E-state index in [-0.39, 0.29) is 5.97 Å². The van der Waals surface area contributed by atoms with Gasteiger partial charge in [0.15, 0.2) is 0 Å². The molecule has 0 heterocycles. The van der Waals surface area contributed by atoms with Gasteiger partial charge in [0.1, 0.15) is 5.75 Å². The standard InChI is InChI=1S/C17H19NO2/c1-12-9-16(10-13(2)17(12)20-14(3)19)18-11-15-7-5-4-6-8-15/h4-10,18H,11H2,1-3H3. The first-order valence-corrected chi connectivity index (χ1v) is 6.63. The van der Waals surface area contributed by atoms with Crippen LogP contribution in [0.4, 0.5) is 5.69 Å². The van der Waals surface area contributed by atoms with Gasteiger partial charge < -0.3 is 10.1 Å². The van der Waals surface area contributed by atoms with Crippen molar-refractivity contribution in [2.45, 2.75) is 27.3 Å². The van der Waals surface area contributed by atoms with Crippen molar-refractivity contribution >= 4 is 11.7 Å². The van der Waals surface area contributed by atoms with Crippen LogP contribution in [0.5, 0.6) is 5.75 Å². The fourth-order valence-corrected chi connectivity index (χ4v) is 2.16. The maximum absolute atomic E-state index is 11.1. The first-order valence-electron chi connectivity index (χ1n) is 6.63. The van der Waals surface area contributed by atoms with E-state index in [1.54, 1.807) is 0 Å². The molecule has 0 atom stereocenters. The Labute approximate surface area is 119 Å². The molecule has 0 amide bonds. The molecule has 2 aromatic carbocycles. The topological polar surface area (TPSA) is 38.3 Å². The van der Waals surface area contributed by atoms with Gasteiger partial charge in [-0.25, -0.2) is 0 Å². The third kappa shape index (κ3) is 3.60. The van der Waals surface area contributed by atoms with E-state index in [4.69, 9.17) is 4.74 Å². The van der Waals surface area contributed by atoms with Crippen LogP contribution in [-0.2, 0) is 11.3 Å². The maximum Gasteiger partial charge on any atom is 0.308 e. The summed E-state index contributed by atoms with van der Waals surface area (Å²) in [5.41, 5.74) is 4.16. The SMILES string of the molecule is CC(=O)Oc1c(C)cc(NCc2ccccc2)cc1C. The van der Waals surface area contributed by atoms with Crippen LogP contribution in [0, 0.1) is 13.8 Å². The van der Waals surface area contributed by atoms with Crippen molar-refractivity contribution in [3.05, 3.63) is 59.2 Å². The minimum absolute atomic E-state index is 0.291. The molecule has 3 heteroatoms. The molecule has 3 nitrogen and oxygen atoms in total. The zero-order chi connectivity index (χ0) is 14.5. The largest absolute Gasteiger partial charge is 0.426 e. The highest BCUT2D eigenvalue weighted by Gasteiger charge is 2.08. The summed E-state index contributed by atoms with van der Waals surface area (Å²) in [5, 5.41) is 3.38. The van der Waals surface area contributed by atoms with E-state index in [2.05, 4.69) is 17.4 Å². The zero-order valence-electron chi connectivity index (χ0n) is 12.1. The molecule has 0 aliphatic heterocycles. The summed E-state index contributed by atoms with van der Waals surface area (Å²) in [6.45, 7) is 6.07. The number of nitrogens with one attached hydrogen (secondary N) is 1. The van der Waals surface area contributed by atoms with Gasteiger partial charge in [0, 0.05) is 19.2 Å². The number of benzene rings is 2. The van der Waals surface area contributed by atoms with Gasteiger partial charge in [-0.1, -0.05) is 30.3 Å². The smallest absolute Gasteiger partial charge is 0.308 e. The Balaban J connectivity index is 2.12. The fourth-order valence-electron chi connectivity index (χ4n) is 2.16. The molecular formula is C17H19NO2.